The highest BCUT2D eigenvalue weighted by atomic mass is 16.1. The molecule has 0 radical (unpaired) electrons. The minimum absolute atomic E-state index is 0.0316. The molecule has 0 spiro atoms. The summed E-state index contributed by atoms with van der Waals surface area (Å²) in [6, 6.07) is 19.7. The molecule has 0 fully saturated rings. The molecule has 136 valence electrons. The van der Waals surface area contributed by atoms with Crippen molar-refractivity contribution in [2.24, 2.45) is 0 Å². The van der Waals surface area contributed by atoms with Crippen molar-refractivity contribution in [3.63, 3.8) is 0 Å². The Morgan fingerprint density at radius 2 is 1.00 bits per heavy atom. The fourth-order valence-corrected chi connectivity index (χ4v) is 3.64. The minimum Gasteiger partial charge on any atom is -0.289 e. The number of allylic oxidation sites excluding steroid dienone is 1. The average Bonchev–Trinajstić information content (AvgIpc) is 2.71. The van der Waals surface area contributed by atoms with Crippen LogP contribution in [0.5, 0.6) is 0 Å². The third-order valence-corrected chi connectivity index (χ3v) is 5.69. The number of hydrogen-bond acceptors (Lipinski definition) is 1. The van der Waals surface area contributed by atoms with Gasteiger partial charge in [0.2, 0.25) is 0 Å². The lowest BCUT2D eigenvalue weighted by Crippen LogP contribution is -2.05. The van der Waals surface area contributed by atoms with E-state index in [2.05, 4.69) is 46.8 Å². The van der Waals surface area contributed by atoms with Crippen LogP contribution in [-0.4, -0.2) is 5.78 Å². The van der Waals surface area contributed by atoms with Gasteiger partial charge in [-0.25, -0.2) is 0 Å². The molecule has 0 atom stereocenters. The van der Waals surface area contributed by atoms with Crippen molar-refractivity contribution in [2.75, 3.05) is 0 Å². The molecule has 27 heavy (non-hydrogen) atoms. The van der Waals surface area contributed by atoms with Gasteiger partial charge in [0.1, 0.15) is 0 Å². The van der Waals surface area contributed by atoms with Crippen molar-refractivity contribution in [2.45, 2.75) is 34.6 Å². The first-order valence-corrected chi connectivity index (χ1v) is 9.35. The Balaban J connectivity index is 2.28. The van der Waals surface area contributed by atoms with Crippen molar-refractivity contribution in [3.05, 3.63) is 111 Å². The summed E-state index contributed by atoms with van der Waals surface area (Å²) in [4.78, 5) is 13.0. The van der Waals surface area contributed by atoms with E-state index in [0.29, 0.717) is 5.56 Å². The molecule has 0 heterocycles. The first kappa shape index (κ1) is 18.8. The molecule has 0 aliphatic rings. The summed E-state index contributed by atoms with van der Waals surface area (Å²) in [5.74, 6) is 0.0316. The van der Waals surface area contributed by atoms with E-state index in [-0.39, 0.29) is 5.78 Å². The lowest BCUT2D eigenvalue weighted by atomic mass is 9.83. The zero-order chi connectivity index (χ0) is 19.6. The summed E-state index contributed by atoms with van der Waals surface area (Å²) in [5, 5.41) is 0. The van der Waals surface area contributed by atoms with Gasteiger partial charge in [0.15, 0.2) is 5.78 Å². The second-order valence-corrected chi connectivity index (χ2v) is 7.15. The highest BCUT2D eigenvalue weighted by Crippen LogP contribution is 2.34. The monoisotopic (exact) mass is 354 g/mol. The summed E-state index contributed by atoms with van der Waals surface area (Å²) >= 11 is 0. The van der Waals surface area contributed by atoms with Crippen LogP contribution in [0.15, 0.2) is 66.7 Å². The van der Waals surface area contributed by atoms with Crippen LogP contribution >= 0.6 is 0 Å². The number of carbonyl (C=O) groups is 1. The van der Waals surface area contributed by atoms with Crippen LogP contribution in [0.1, 0.15) is 49.3 Å². The second kappa shape index (κ2) is 7.75. The highest BCUT2D eigenvalue weighted by Gasteiger charge is 2.18. The van der Waals surface area contributed by atoms with Crippen LogP contribution in [0.4, 0.5) is 0 Å². The normalized spacial score (nSPS) is 11.5. The van der Waals surface area contributed by atoms with Crippen LogP contribution in [0, 0.1) is 34.6 Å². The van der Waals surface area contributed by atoms with Crippen LogP contribution in [-0.2, 0) is 0 Å². The summed E-state index contributed by atoms with van der Waals surface area (Å²) in [6.45, 7) is 10.8. The Hall–Kier alpha value is -2.93. The van der Waals surface area contributed by atoms with E-state index in [1.165, 1.54) is 33.4 Å². The van der Waals surface area contributed by atoms with Crippen LogP contribution < -0.4 is 0 Å². The highest BCUT2D eigenvalue weighted by molar-refractivity contribution is 6.10. The van der Waals surface area contributed by atoms with E-state index in [1.54, 1.807) is 6.08 Å². The fraction of sp³-hybridized carbons (Fsp3) is 0.192. The quantitative estimate of drug-likeness (QED) is 0.384. The van der Waals surface area contributed by atoms with Crippen molar-refractivity contribution >= 4 is 11.4 Å². The van der Waals surface area contributed by atoms with Crippen LogP contribution in [0.25, 0.3) is 5.57 Å². The third-order valence-electron chi connectivity index (χ3n) is 5.69. The van der Waals surface area contributed by atoms with E-state index in [9.17, 15) is 4.79 Å². The van der Waals surface area contributed by atoms with Crippen LogP contribution in [0.3, 0.4) is 0 Å². The van der Waals surface area contributed by atoms with Crippen molar-refractivity contribution in [1.82, 2.24) is 0 Å². The number of ketones is 1. The number of carbonyl (C=O) groups excluding carboxylic acids is 1. The molecule has 0 aromatic heterocycles. The second-order valence-electron chi connectivity index (χ2n) is 7.15. The lowest BCUT2D eigenvalue weighted by molar-refractivity contribution is 0.104. The maximum Gasteiger partial charge on any atom is 0.186 e. The Bertz CT molecular complexity index is 980. The minimum atomic E-state index is 0.0316. The SMILES string of the molecule is Cc1c(C)c(C)c(/C(=C\C(=O)c2ccccc2)c2ccccc2)c(C)c1C. The first-order valence-electron chi connectivity index (χ1n) is 9.35. The van der Waals surface area contributed by atoms with E-state index < -0.39 is 0 Å². The smallest absolute Gasteiger partial charge is 0.186 e. The van der Waals surface area contributed by atoms with Crippen molar-refractivity contribution in [1.29, 1.82) is 0 Å². The Labute approximate surface area is 162 Å². The van der Waals surface area contributed by atoms with Gasteiger partial charge in [0.25, 0.3) is 0 Å². The summed E-state index contributed by atoms with van der Waals surface area (Å²) in [6.07, 6.45) is 1.80. The molecule has 0 saturated heterocycles. The lowest BCUT2D eigenvalue weighted by Gasteiger charge is -2.21. The standard InChI is InChI=1S/C26H26O/c1-17-18(2)20(4)26(21(5)19(17)3)24(22-12-8-6-9-13-22)16-25(27)23-14-10-7-11-15-23/h6-16H,1-5H3/b24-16-. The fourth-order valence-electron chi connectivity index (χ4n) is 3.64. The van der Waals surface area contributed by atoms with Gasteiger partial charge in [-0.2, -0.15) is 0 Å². The summed E-state index contributed by atoms with van der Waals surface area (Å²) < 4.78 is 0. The Morgan fingerprint density at radius 3 is 1.48 bits per heavy atom. The number of rotatable bonds is 4. The van der Waals surface area contributed by atoms with Gasteiger partial charge < -0.3 is 0 Å². The maximum absolute atomic E-state index is 13.0. The molecule has 0 N–H and O–H groups in total. The van der Waals surface area contributed by atoms with E-state index in [4.69, 9.17) is 0 Å². The molecule has 0 bridgehead atoms. The van der Waals surface area contributed by atoms with Gasteiger partial charge >= 0.3 is 0 Å². The number of hydrogen-bond donors (Lipinski definition) is 0. The van der Waals surface area contributed by atoms with Crippen molar-refractivity contribution < 1.29 is 4.79 Å². The van der Waals surface area contributed by atoms with Crippen molar-refractivity contribution in [3.8, 4) is 0 Å². The summed E-state index contributed by atoms with van der Waals surface area (Å²) in [7, 11) is 0. The molecule has 1 nitrogen and oxygen atoms in total. The predicted octanol–water partition coefficient (Wildman–Crippen LogP) is 6.54. The zero-order valence-electron chi connectivity index (χ0n) is 16.8. The molecule has 3 rings (SSSR count). The molecule has 0 unspecified atom stereocenters. The third kappa shape index (κ3) is 3.64. The molecular formula is C26H26O. The molecule has 3 aromatic rings. The van der Waals surface area contributed by atoms with E-state index in [0.717, 1.165) is 11.1 Å². The van der Waals surface area contributed by atoms with Gasteiger partial charge in [0.05, 0.1) is 0 Å². The Morgan fingerprint density at radius 1 is 0.593 bits per heavy atom. The maximum atomic E-state index is 13.0. The summed E-state index contributed by atoms with van der Waals surface area (Å²) in [5.41, 5.74) is 10.3. The van der Waals surface area contributed by atoms with Gasteiger partial charge in [-0.1, -0.05) is 60.7 Å². The molecule has 0 aliphatic heterocycles. The average molecular weight is 354 g/mol. The van der Waals surface area contributed by atoms with Crippen LogP contribution in [0.2, 0.25) is 0 Å². The van der Waals surface area contributed by atoms with Gasteiger partial charge in [-0.15, -0.1) is 0 Å². The molecule has 0 aliphatic carbocycles. The zero-order valence-corrected chi connectivity index (χ0v) is 16.8. The molecule has 0 saturated carbocycles. The van der Waals surface area contributed by atoms with E-state index in [1.807, 2.05) is 48.5 Å². The van der Waals surface area contributed by atoms with E-state index >= 15 is 0 Å². The molecule has 1 heteroatoms. The molecule has 3 aromatic carbocycles. The van der Waals surface area contributed by atoms with Gasteiger partial charge in [0, 0.05) is 5.56 Å². The first-order chi connectivity index (χ1) is 12.9. The van der Waals surface area contributed by atoms with Gasteiger partial charge in [-0.05, 0) is 85.2 Å². The molecule has 0 amide bonds. The molecular weight excluding hydrogens is 328 g/mol. The largest absolute Gasteiger partial charge is 0.289 e. The predicted molar refractivity (Wildman–Crippen MR) is 114 cm³/mol. The Kier molecular flexibility index (Phi) is 5.41. The number of benzene rings is 3. The van der Waals surface area contributed by atoms with Gasteiger partial charge in [-0.3, -0.25) is 4.79 Å². The topological polar surface area (TPSA) is 17.1 Å².